The molecule has 0 atom stereocenters. The van der Waals surface area contributed by atoms with Crippen LogP contribution in [0, 0.1) is 0 Å². The van der Waals surface area contributed by atoms with Crippen LogP contribution in [0.3, 0.4) is 0 Å². The molecule has 0 aliphatic heterocycles. The van der Waals surface area contributed by atoms with Gasteiger partial charge in [0.15, 0.2) is 0 Å². The molecule has 15 heavy (non-hydrogen) atoms. The Morgan fingerprint density at radius 3 is 2.60 bits per heavy atom. The van der Waals surface area contributed by atoms with E-state index in [-0.39, 0.29) is 5.54 Å². The van der Waals surface area contributed by atoms with Crippen LogP contribution in [0.1, 0.15) is 31.2 Å². The predicted molar refractivity (Wildman–Crippen MR) is 67.6 cm³/mol. The van der Waals surface area contributed by atoms with Crippen LogP contribution in [-0.4, -0.2) is 6.26 Å². The minimum Gasteiger partial charge on any atom is -0.321 e. The highest BCUT2D eigenvalue weighted by Gasteiger charge is 2.32. The molecule has 3 heteroatoms. The van der Waals surface area contributed by atoms with Crippen molar-refractivity contribution in [3.63, 3.8) is 0 Å². The molecule has 1 aromatic carbocycles. The van der Waals surface area contributed by atoms with Crippen LogP contribution < -0.4 is 5.73 Å². The summed E-state index contributed by atoms with van der Waals surface area (Å²) in [7, 11) is 0. The van der Waals surface area contributed by atoms with Gasteiger partial charge in [-0.2, -0.15) is 0 Å². The molecule has 0 amide bonds. The van der Waals surface area contributed by atoms with E-state index in [0.29, 0.717) is 0 Å². The van der Waals surface area contributed by atoms with E-state index in [4.69, 9.17) is 17.3 Å². The fourth-order valence-corrected chi connectivity index (χ4v) is 3.03. The third-order valence-electron chi connectivity index (χ3n) is 3.21. The Morgan fingerprint density at radius 2 is 2.00 bits per heavy atom. The predicted octanol–water partition coefficient (Wildman–Crippen LogP) is 3.79. The Kier molecular flexibility index (Phi) is 3.29. The maximum absolute atomic E-state index is 6.41. The van der Waals surface area contributed by atoms with Crippen molar-refractivity contribution in [1.29, 1.82) is 0 Å². The number of rotatable bonds is 2. The van der Waals surface area contributed by atoms with Gasteiger partial charge in [0.1, 0.15) is 0 Å². The highest BCUT2D eigenvalue weighted by molar-refractivity contribution is 7.98. The maximum atomic E-state index is 6.41. The van der Waals surface area contributed by atoms with E-state index in [0.717, 1.165) is 23.4 Å². The van der Waals surface area contributed by atoms with Crippen LogP contribution in [0.25, 0.3) is 0 Å². The minimum absolute atomic E-state index is 0.178. The number of hydrogen-bond donors (Lipinski definition) is 1. The van der Waals surface area contributed by atoms with Gasteiger partial charge in [-0.1, -0.05) is 24.4 Å². The van der Waals surface area contributed by atoms with Gasteiger partial charge in [0, 0.05) is 15.5 Å². The smallest absolute Gasteiger partial charge is 0.0457 e. The molecule has 0 unspecified atom stereocenters. The van der Waals surface area contributed by atoms with E-state index in [1.54, 1.807) is 11.8 Å². The van der Waals surface area contributed by atoms with Crippen LogP contribution in [0.15, 0.2) is 23.1 Å². The fourth-order valence-electron chi connectivity index (χ4n) is 2.29. The summed E-state index contributed by atoms with van der Waals surface area (Å²) in [6.45, 7) is 0. The molecule has 1 aliphatic rings. The van der Waals surface area contributed by atoms with Gasteiger partial charge in [-0.15, -0.1) is 11.8 Å². The maximum Gasteiger partial charge on any atom is 0.0457 e. The molecular weight excluding hydrogens is 226 g/mol. The monoisotopic (exact) mass is 241 g/mol. The van der Waals surface area contributed by atoms with Crippen LogP contribution in [-0.2, 0) is 5.54 Å². The number of hydrogen-bond acceptors (Lipinski definition) is 2. The SMILES string of the molecule is CSc1ccc(Cl)c(C2(N)CCCC2)c1. The van der Waals surface area contributed by atoms with E-state index in [1.807, 2.05) is 6.07 Å². The van der Waals surface area contributed by atoms with Crippen LogP contribution in [0.5, 0.6) is 0 Å². The van der Waals surface area contributed by atoms with Crippen molar-refractivity contribution >= 4 is 23.4 Å². The van der Waals surface area contributed by atoms with E-state index in [2.05, 4.69) is 18.4 Å². The molecule has 1 aromatic rings. The average molecular weight is 242 g/mol. The Balaban J connectivity index is 2.41. The molecule has 1 nitrogen and oxygen atoms in total. The zero-order valence-corrected chi connectivity index (χ0v) is 10.5. The molecule has 2 N–H and O–H groups in total. The lowest BCUT2D eigenvalue weighted by molar-refractivity contribution is 0.461. The Hall–Kier alpha value is -0.180. The van der Waals surface area contributed by atoms with Crippen LogP contribution in [0.4, 0.5) is 0 Å². The first-order chi connectivity index (χ1) is 7.15. The first-order valence-corrected chi connectivity index (χ1v) is 6.89. The van der Waals surface area contributed by atoms with Gasteiger partial charge in [0.25, 0.3) is 0 Å². The minimum atomic E-state index is -0.178. The summed E-state index contributed by atoms with van der Waals surface area (Å²) in [5.74, 6) is 0. The summed E-state index contributed by atoms with van der Waals surface area (Å²) < 4.78 is 0. The standard InChI is InChI=1S/C12H16ClNS/c1-15-9-4-5-11(13)10(8-9)12(14)6-2-3-7-12/h4-5,8H,2-3,6-7,14H2,1H3. The Labute approximate surface area is 100 Å². The average Bonchev–Trinajstić information content (AvgIpc) is 2.67. The van der Waals surface area contributed by atoms with Gasteiger partial charge in [0.05, 0.1) is 0 Å². The van der Waals surface area contributed by atoms with Crippen molar-refractivity contribution < 1.29 is 0 Å². The zero-order valence-electron chi connectivity index (χ0n) is 8.92. The number of benzene rings is 1. The van der Waals surface area contributed by atoms with E-state index >= 15 is 0 Å². The second-order valence-electron chi connectivity index (χ2n) is 4.21. The number of nitrogens with two attached hydrogens (primary N) is 1. The Bertz CT molecular complexity index is 359. The summed E-state index contributed by atoms with van der Waals surface area (Å²) in [6.07, 6.45) is 6.63. The normalized spacial score (nSPS) is 19.4. The van der Waals surface area contributed by atoms with Gasteiger partial charge in [-0.25, -0.2) is 0 Å². The fraction of sp³-hybridized carbons (Fsp3) is 0.500. The molecule has 82 valence electrons. The molecule has 1 fully saturated rings. The van der Waals surface area contributed by atoms with E-state index in [1.165, 1.54) is 17.7 Å². The Morgan fingerprint density at radius 1 is 1.33 bits per heavy atom. The summed E-state index contributed by atoms with van der Waals surface area (Å²) in [5, 5.41) is 0.817. The molecule has 0 saturated heterocycles. The van der Waals surface area contributed by atoms with Crippen LogP contribution >= 0.6 is 23.4 Å². The van der Waals surface area contributed by atoms with Gasteiger partial charge in [-0.05, 0) is 42.9 Å². The molecule has 1 aliphatic carbocycles. The van der Waals surface area contributed by atoms with E-state index in [9.17, 15) is 0 Å². The van der Waals surface area contributed by atoms with Gasteiger partial charge >= 0.3 is 0 Å². The highest BCUT2D eigenvalue weighted by atomic mass is 35.5. The van der Waals surface area contributed by atoms with Crippen molar-refractivity contribution in [1.82, 2.24) is 0 Å². The molecule has 0 bridgehead atoms. The largest absolute Gasteiger partial charge is 0.321 e. The third-order valence-corrected chi connectivity index (χ3v) is 4.26. The van der Waals surface area contributed by atoms with Crippen molar-refractivity contribution in [2.24, 2.45) is 5.73 Å². The lowest BCUT2D eigenvalue weighted by Crippen LogP contribution is -2.33. The second-order valence-corrected chi connectivity index (χ2v) is 5.50. The number of thioether (sulfide) groups is 1. The summed E-state index contributed by atoms with van der Waals surface area (Å²) >= 11 is 7.97. The van der Waals surface area contributed by atoms with Crippen molar-refractivity contribution in [2.45, 2.75) is 36.1 Å². The zero-order chi connectivity index (χ0) is 10.9. The number of halogens is 1. The molecule has 0 heterocycles. The molecular formula is C12H16ClNS. The van der Waals surface area contributed by atoms with E-state index < -0.39 is 0 Å². The van der Waals surface area contributed by atoms with Crippen molar-refractivity contribution in [3.8, 4) is 0 Å². The summed E-state index contributed by atoms with van der Waals surface area (Å²) in [6, 6.07) is 6.17. The highest BCUT2D eigenvalue weighted by Crippen LogP contribution is 2.40. The summed E-state index contributed by atoms with van der Waals surface area (Å²) in [5.41, 5.74) is 7.37. The van der Waals surface area contributed by atoms with Gasteiger partial charge in [-0.3, -0.25) is 0 Å². The molecule has 2 rings (SSSR count). The van der Waals surface area contributed by atoms with Crippen molar-refractivity contribution in [3.05, 3.63) is 28.8 Å². The molecule has 0 spiro atoms. The first kappa shape index (κ1) is 11.3. The van der Waals surface area contributed by atoms with Crippen molar-refractivity contribution in [2.75, 3.05) is 6.26 Å². The lowest BCUT2D eigenvalue weighted by Gasteiger charge is -2.25. The van der Waals surface area contributed by atoms with Crippen LogP contribution in [0.2, 0.25) is 5.02 Å². The first-order valence-electron chi connectivity index (χ1n) is 5.29. The molecule has 1 saturated carbocycles. The van der Waals surface area contributed by atoms with Gasteiger partial charge in [0.2, 0.25) is 0 Å². The summed E-state index contributed by atoms with van der Waals surface area (Å²) in [4.78, 5) is 1.24. The molecule has 0 radical (unpaired) electrons. The second kappa shape index (κ2) is 4.36. The molecule has 0 aromatic heterocycles. The lowest BCUT2D eigenvalue weighted by atomic mass is 9.89. The quantitative estimate of drug-likeness (QED) is 0.798. The third kappa shape index (κ3) is 2.17. The topological polar surface area (TPSA) is 26.0 Å². The van der Waals surface area contributed by atoms with Gasteiger partial charge < -0.3 is 5.73 Å².